The lowest BCUT2D eigenvalue weighted by molar-refractivity contribution is -0.112. The van der Waals surface area contributed by atoms with E-state index in [1.165, 1.54) is 25.9 Å². The molecule has 15 heavy (non-hydrogen) atoms. The average Bonchev–Trinajstić information content (AvgIpc) is 2.18. The highest BCUT2D eigenvalue weighted by atomic mass is 16.1. The molecule has 0 atom stereocenters. The first-order valence-electron chi connectivity index (χ1n) is 5.65. The molecular weight excluding hydrogens is 188 g/mol. The molecule has 1 heterocycles. The van der Waals surface area contributed by atoms with Gasteiger partial charge < -0.3 is 4.90 Å². The van der Waals surface area contributed by atoms with E-state index in [4.69, 9.17) is 0 Å². The van der Waals surface area contributed by atoms with E-state index in [1.807, 2.05) is 6.08 Å². The van der Waals surface area contributed by atoms with Gasteiger partial charge in [0.25, 0.3) is 0 Å². The first-order valence-corrected chi connectivity index (χ1v) is 5.65. The normalized spacial score (nSPS) is 20.3. The Hall–Kier alpha value is -0.670. The second kappa shape index (κ2) is 6.03. The second-order valence-corrected chi connectivity index (χ2v) is 4.49. The van der Waals surface area contributed by atoms with E-state index in [0.717, 1.165) is 6.54 Å². The van der Waals surface area contributed by atoms with Crippen molar-refractivity contribution >= 4 is 5.78 Å². The zero-order chi connectivity index (χ0) is 11.3. The van der Waals surface area contributed by atoms with Crippen LogP contribution in [0.25, 0.3) is 0 Å². The number of piperidine rings is 1. The summed E-state index contributed by atoms with van der Waals surface area (Å²) in [4.78, 5) is 15.4. The van der Waals surface area contributed by atoms with Gasteiger partial charge in [-0.3, -0.25) is 9.69 Å². The SMILES string of the molecule is CC(=O)/C=C/CN(C)C1CCN(C)CC1. The Labute approximate surface area is 92.7 Å². The molecule has 86 valence electrons. The molecule has 0 N–H and O–H groups in total. The van der Waals surface area contributed by atoms with Crippen molar-refractivity contribution < 1.29 is 4.79 Å². The van der Waals surface area contributed by atoms with Crippen LogP contribution in [0.3, 0.4) is 0 Å². The van der Waals surface area contributed by atoms with Gasteiger partial charge >= 0.3 is 0 Å². The number of carbonyl (C=O) groups excluding carboxylic acids is 1. The third-order valence-corrected chi connectivity index (χ3v) is 3.06. The average molecular weight is 210 g/mol. The molecule has 0 unspecified atom stereocenters. The van der Waals surface area contributed by atoms with Gasteiger partial charge in [0.1, 0.15) is 0 Å². The Morgan fingerprint density at radius 2 is 2.07 bits per heavy atom. The third kappa shape index (κ3) is 4.58. The van der Waals surface area contributed by atoms with Crippen molar-refractivity contribution in [3.8, 4) is 0 Å². The molecule has 1 fully saturated rings. The summed E-state index contributed by atoms with van der Waals surface area (Å²) >= 11 is 0. The molecule has 3 nitrogen and oxygen atoms in total. The molecule has 0 bridgehead atoms. The van der Waals surface area contributed by atoms with Gasteiger partial charge in [0.15, 0.2) is 5.78 Å². The van der Waals surface area contributed by atoms with Crippen LogP contribution in [0.2, 0.25) is 0 Å². The number of allylic oxidation sites excluding steroid dienone is 1. The summed E-state index contributed by atoms with van der Waals surface area (Å²) in [6.45, 7) is 4.84. The topological polar surface area (TPSA) is 23.6 Å². The fraction of sp³-hybridized carbons (Fsp3) is 0.750. The molecule has 3 heteroatoms. The lowest BCUT2D eigenvalue weighted by Crippen LogP contribution is -2.41. The quantitative estimate of drug-likeness (QED) is 0.651. The highest BCUT2D eigenvalue weighted by molar-refractivity contribution is 5.87. The molecule has 0 aromatic heterocycles. The predicted molar refractivity (Wildman–Crippen MR) is 63.0 cm³/mol. The Morgan fingerprint density at radius 3 is 2.60 bits per heavy atom. The van der Waals surface area contributed by atoms with E-state index < -0.39 is 0 Å². The lowest BCUT2D eigenvalue weighted by atomic mass is 10.0. The summed E-state index contributed by atoms with van der Waals surface area (Å²) in [5.41, 5.74) is 0. The van der Waals surface area contributed by atoms with Crippen molar-refractivity contribution in [2.45, 2.75) is 25.8 Å². The maximum absolute atomic E-state index is 10.7. The van der Waals surface area contributed by atoms with Crippen molar-refractivity contribution in [3.05, 3.63) is 12.2 Å². The van der Waals surface area contributed by atoms with Crippen molar-refractivity contribution in [2.75, 3.05) is 33.7 Å². The number of likely N-dealkylation sites (N-methyl/N-ethyl adjacent to an activating group) is 1. The van der Waals surface area contributed by atoms with Gasteiger partial charge in [-0.2, -0.15) is 0 Å². The van der Waals surface area contributed by atoms with Crippen LogP contribution >= 0.6 is 0 Å². The predicted octanol–water partition coefficient (Wildman–Crippen LogP) is 1.16. The summed E-state index contributed by atoms with van der Waals surface area (Å²) in [5, 5.41) is 0. The van der Waals surface area contributed by atoms with E-state index in [9.17, 15) is 4.79 Å². The highest BCUT2D eigenvalue weighted by Crippen LogP contribution is 2.13. The molecule has 0 amide bonds. The minimum absolute atomic E-state index is 0.131. The number of carbonyl (C=O) groups is 1. The number of hydrogen-bond donors (Lipinski definition) is 0. The smallest absolute Gasteiger partial charge is 0.152 e. The zero-order valence-electron chi connectivity index (χ0n) is 10.1. The Bertz CT molecular complexity index is 230. The van der Waals surface area contributed by atoms with Gasteiger partial charge in [-0.05, 0) is 53.0 Å². The van der Waals surface area contributed by atoms with E-state index in [1.54, 1.807) is 13.0 Å². The first-order chi connectivity index (χ1) is 7.09. The second-order valence-electron chi connectivity index (χ2n) is 4.49. The van der Waals surface area contributed by atoms with Crippen molar-refractivity contribution in [1.82, 2.24) is 9.80 Å². The third-order valence-electron chi connectivity index (χ3n) is 3.06. The van der Waals surface area contributed by atoms with Gasteiger partial charge in [0, 0.05) is 12.6 Å². The standard InChI is InChI=1S/C12H22N2O/c1-11(15)5-4-8-14(3)12-6-9-13(2)10-7-12/h4-5,12H,6-10H2,1-3H3/b5-4+. The summed E-state index contributed by atoms with van der Waals surface area (Å²) in [6.07, 6.45) is 6.09. The largest absolute Gasteiger partial charge is 0.306 e. The summed E-state index contributed by atoms with van der Waals surface area (Å²) in [6, 6.07) is 0.679. The molecule has 1 aliphatic heterocycles. The molecule has 1 rings (SSSR count). The lowest BCUT2D eigenvalue weighted by Gasteiger charge is -2.34. The summed E-state index contributed by atoms with van der Waals surface area (Å²) in [7, 11) is 4.31. The maximum atomic E-state index is 10.7. The van der Waals surface area contributed by atoms with E-state index >= 15 is 0 Å². The van der Waals surface area contributed by atoms with Crippen LogP contribution in [0.1, 0.15) is 19.8 Å². The van der Waals surface area contributed by atoms with Gasteiger partial charge in [0.2, 0.25) is 0 Å². The molecule has 0 aromatic carbocycles. The molecule has 1 aliphatic rings. The minimum Gasteiger partial charge on any atom is -0.306 e. The molecule has 0 spiro atoms. The Balaban J connectivity index is 2.28. The van der Waals surface area contributed by atoms with Crippen LogP contribution in [0.5, 0.6) is 0 Å². The van der Waals surface area contributed by atoms with Crippen LogP contribution in [0.4, 0.5) is 0 Å². The van der Waals surface area contributed by atoms with Crippen molar-refractivity contribution in [2.24, 2.45) is 0 Å². The number of likely N-dealkylation sites (tertiary alicyclic amines) is 1. The molecule has 0 radical (unpaired) electrons. The van der Waals surface area contributed by atoms with Gasteiger partial charge in [-0.1, -0.05) is 6.08 Å². The molecular formula is C12H22N2O. The summed E-state index contributed by atoms with van der Waals surface area (Å²) in [5.74, 6) is 0.131. The fourth-order valence-corrected chi connectivity index (χ4v) is 1.97. The number of ketones is 1. The van der Waals surface area contributed by atoms with E-state index in [0.29, 0.717) is 6.04 Å². The van der Waals surface area contributed by atoms with Crippen LogP contribution in [0, 0.1) is 0 Å². The van der Waals surface area contributed by atoms with Crippen LogP contribution < -0.4 is 0 Å². The fourth-order valence-electron chi connectivity index (χ4n) is 1.97. The molecule has 0 saturated carbocycles. The van der Waals surface area contributed by atoms with Crippen molar-refractivity contribution in [1.29, 1.82) is 0 Å². The number of rotatable bonds is 4. The van der Waals surface area contributed by atoms with Gasteiger partial charge in [0.05, 0.1) is 0 Å². The molecule has 1 saturated heterocycles. The van der Waals surface area contributed by atoms with Crippen LogP contribution in [0.15, 0.2) is 12.2 Å². The van der Waals surface area contributed by atoms with Gasteiger partial charge in [-0.25, -0.2) is 0 Å². The van der Waals surface area contributed by atoms with Crippen molar-refractivity contribution in [3.63, 3.8) is 0 Å². The van der Waals surface area contributed by atoms with E-state index in [-0.39, 0.29) is 5.78 Å². The highest BCUT2D eigenvalue weighted by Gasteiger charge is 2.19. The van der Waals surface area contributed by atoms with Gasteiger partial charge in [-0.15, -0.1) is 0 Å². The Morgan fingerprint density at radius 1 is 1.47 bits per heavy atom. The molecule has 0 aliphatic carbocycles. The summed E-state index contributed by atoms with van der Waals surface area (Å²) < 4.78 is 0. The maximum Gasteiger partial charge on any atom is 0.152 e. The minimum atomic E-state index is 0.131. The Kier molecular flexibility index (Phi) is 4.99. The van der Waals surface area contributed by atoms with E-state index in [2.05, 4.69) is 23.9 Å². The van der Waals surface area contributed by atoms with Crippen LogP contribution in [-0.4, -0.2) is 55.4 Å². The zero-order valence-corrected chi connectivity index (χ0v) is 10.1. The van der Waals surface area contributed by atoms with Crippen LogP contribution in [-0.2, 0) is 4.79 Å². The number of nitrogens with zero attached hydrogens (tertiary/aromatic N) is 2. The number of hydrogen-bond acceptors (Lipinski definition) is 3. The molecule has 0 aromatic rings. The first kappa shape index (κ1) is 12.4. The monoisotopic (exact) mass is 210 g/mol.